The van der Waals surface area contributed by atoms with Crippen LogP contribution in [0.3, 0.4) is 0 Å². The second kappa shape index (κ2) is 6.99. The highest BCUT2D eigenvalue weighted by Gasteiger charge is 2.20. The largest absolute Gasteiger partial charge is 0.372 e. The maximum absolute atomic E-state index is 11.7. The van der Waals surface area contributed by atoms with E-state index in [0.29, 0.717) is 10.7 Å². The molecule has 104 valence electrons. The number of hydrogen-bond acceptors (Lipinski definition) is 3. The zero-order valence-electron chi connectivity index (χ0n) is 10.9. The van der Waals surface area contributed by atoms with E-state index in [9.17, 15) is 9.59 Å². The number of rotatable bonds is 6. The van der Waals surface area contributed by atoms with Gasteiger partial charge in [0.1, 0.15) is 6.04 Å². The lowest BCUT2D eigenvalue weighted by Gasteiger charge is -2.18. The van der Waals surface area contributed by atoms with Gasteiger partial charge in [0.25, 0.3) is 0 Å². The van der Waals surface area contributed by atoms with Crippen LogP contribution in [0.1, 0.15) is 20.3 Å². The van der Waals surface area contributed by atoms with E-state index < -0.39 is 11.9 Å². The Morgan fingerprint density at radius 2 is 1.95 bits per heavy atom. The van der Waals surface area contributed by atoms with Gasteiger partial charge in [-0.1, -0.05) is 23.7 Å². The van der Waals surface area contributed by atoms with Gasteiger partial charge in [0.05, 0.1) is 17.1 Å². The first-order chi connectivity index (χ1) is 8.90. The molecule has 0 saturated heterocycles. The number of halogens is 1. The minimum Gasteiger partial charge on any atom is -0.372 e. The van der Waals surface area contributed by atoms with Crippen molar-refractivity contribution in [1.82, 2.24) is 5.32 Å². The summed E-state index contributed by atoms with van der Waals surface area (Å²) >= 11 is 5.98. The molecule has 0 aliphatic heterocycles. The van der Waals surface area contributed by atoms with Crippen LogP contribution in [0, 0.1) is 0 Å². The first-order valence-electron chi connectivity index (χ1n) is 6.00. The lowest BCUT2D eigenvalue weighted by molar-refractivity contribution is -0.125. The lowest BCUT2D eigenvalue weighted by atomic mass is 10.1. The second-order valence-electron chi connectivity index (χ2n) is 4.51. The van der Waals surface area contributed by atoms with E-state index in [1.54, 1.807) is 24.3 Å². The second-order valence-corrected chi connectivity index (χ2v) is 4.91. The number of para-hydroxylation sites is 1. The molecule has 0 aromatic heterocycles. The van der Waals surface area contributed by atoms with E-state index in [1.165, 1.54) is 0 Å². The predicted molar refractivity (Wildman–Crippen MR) is 76.0 cm³/mol. The number of nitrogens with two attached hydrogens (primary N) is 1. The summed E-state index contributed by atoms with van der Waals surface area (Å²) in [7, 11) is 0. The van der Waals surface area contributed by atoms with Gasteiger partial charge >= 0.3 is 0 Å². The van der Waals surface area contributed by atoms with E-state index in [4.69, 9.17) is 17.3 Å². The standard InChI is InChI=1S/C13H18ClN3O2/c1-8(2)16-12(18)7-11(13(15)19)17-10-6-4-3-5-9(10)14/h3-6,8,11,17H,7H2,1-2H3,(H2,15,19)(H,16,18). The summed E-state index contributed by atoms with van der Waals surface area (Å²) in [5.74, 6) is -0.836. The molecule has 1 aromatic rings. The highest BCUT2D eigenvalue weighted by atomic mass is 35.5. The van der Waals surface area contributed by atoms with Crippen molar-refractivity contribution in [2.75, 3.05) is 5.32 Å². The molecule has 0 bridgehead atoms. The molecule has 0 aliphatic carbocycles. The van der Waals surface area contributed by atoms with Gasteiger partial charge in [0.2, 0.25) is 11.8 Å². The predicted octanol–water partition coefficient (Wildman–Crippen LogP) is 1.52. The Morgan fingerprint density at radius 1 is 1.32 bits per heavy atom. The lowest BCUT2D eigenvalue weighted by Crippen LogP contribution is -2.41. The van der Waals surface area contributed by atoms with E-state index in [2.05, 4.69) is 10.6 Å². The van der Waals surface area contributed by atoms with Crippen molar-refractivity contribution in [2.45, 2.75) is 32.4 Å². The van der Waals surface area contributed by atoms with Gasteiger partial charge in [-0.25, -0.2) is 0 Å². The molecule has 1 unspecified atom stereocenters. The Kier molecular flexibility index (Phi) is 5.63. The Hall–Kier alpha value is -1.75. The molecule has 1 aromatic carbocycles. The van der Waals surface area contributed by atoms with Gasteiger partial charge in [0.15, 0.2) is 0 Å². The first-order valence-corrected chi connectivity index (χ1v) is 6.37. The summed E-state index contributed by atoms with van der Waals surface area (Å²) in [5.41, 5.74) is 5.86. The number of primary amides is 1. The molecule has 0 heterocycles. The quantitative estimate of drug-likeness (QED) is 0.740. The third-order valence-corrected chi connectivity index (χ3v) is 2.72. The van der Waals surface area contributed by atoms with Gasteiger partial charge in [-0.15, -0.1) is 0 Å². The number of carbonyl (C=O) groups is 2. The van der Waals surface area contributed by atoms with Crippen LogP contribution >= 0.6 is 11.6 Å². The molecule has 6 heteroatoms. The normalized spacial score (nSPS) is 12.0. The average Bonchev–Trinajstić information content (AvgIpc) is 2.29. The fourth-order valence-corrected chi connectivity index (χ4v) is 1.75. The molecule has 1 atom stereocenters. The molecule has 5 nitrogen and oxygen atoms in total. The number of hydrogen-bond donors (Lipinski definition) is 3. The maximum Gasteiger partial charge on any atom is 0.240 e. The number of benzene rings is 1. The van der Waals surface area contributed by atoms with Crippen LogP contribution in [0.25, 0.3) is 0 Å². The third kappa shape index (κ3) is 5.18. The molecule has 0 saturated carbocycles. The first kappa shape index (κ1) is 15.3. The van der Waals surface area contributed by atoms with E-state index >= 15 is 0 Å². The number of amides is 2. The highest BCUT2D eigenvalue weighted by molar-refractivity contribution is 6.33. The summed E-state index contributed by atoms with van der Waals surface area (Å²) in [4.78, 5) is 23.0. The van der Waals surface area contributed by atoms with Crippen LogP contribution in [0.4, 0.5) is 5.69 Å². The Labute approximate surface area is 117 Å². The number of anilines is 1. The van der Waals surface area contributed by atoms with Crippen molar-refractivity contribution in [2.24, 2.45) is 5.73 Å². The highest BCUT2D eigenvalue weighted by Crippen LogP contribution is 2.21. The summed E-state index contributed by atoms with van der Waals surface area (Å²) in [6, 6.07) is 6.19. The minimum absolute atomic E-state index is 0.0151. The third-order valence-electron chi connectivity index (χ3n) is 2.39. The van der Waals surface area contributed by atoms with E-state index in [-0.39, 0.29) is 18.4 Å². The van der Waals surface area contributed by atoms with E-state index in [1.807, 2.05) is 13.8 Å². The molecule has 2 amide bonds. The maximum atomic E-state index is 11.7. The smallest absolute Gasteiger partial charge is 0.240 e. The molecular weight excluding hydrogens is 266 g/mol. The summed E-state index contributed by atoms with van der Waals surface area (Å²) in [6.07, 6.45) is -0.0290. The van der Waals surface area contributed by atoms with Gasteiger partial charge in [0, 0.05) is 6.04 Å². The van der Waals surface area contributed by atoms with Crippen molar-refractivity contribution in [1.29, 1.82) is 0 Å². The zero-order valence-corrected chi connectivity index (χ0v) is 11.7. The van der Waals surface area contributed by atoms with Crippen molar-refractivity contribution in [3.05, 3.63) is 29.3 Å². The fraction of sp³-hybridized carbons (Fsp3) is 0.385. The van der Waals surface area contributed by atoms with Crippen LogP contribution in [0.2, 0.25) is 5.02 Å². The number of nitrogens with one attached hydrogen (secondary N) is 2. The topological polar surface area (TPSA) is 84.2 Å². The number of carbonyl (C=O) groups excluding carboxylic acids is 2. The van der Waals surface area contributed by atoms with Gasteiger partial charge in [-0.2, -0.15) is 0 Å². The Bertz CT molecular complexity index is 463. The molecule has 0 spiro atoms. The van der Waals surface area contributed by atoms with Crippen LogP contribution in [-0.2, 0) is 9.59 Å². The molecule has 0 radical (unpaired) electrons. The molecule has 0 fully saturated rings. The molecule has 0 aliphatic rings. The summed E-state index contributed by atoms with van der Waals surface area (Å²) in [5, 5.41) is 6.06. The molecule has 1 rings (SSSR count). The SMILES string of the molecule is CC(C)NC(=O)CC(Nc1ccccc1Cl)C(N)=O. The van der Waals surface area contributed by atoms with Crippen LogP contribution in [0.5, 0.6) is 0 Å². The minimum atomic E-state index is -0.793. The van der Waals surface area contributed by atoms with Gasteiger partial charge < -0.3 is 16.4 Å². The van der Waals surface area contributed by atoms with Crippen molar-refractivity contribution < 1.29 is 9.59 Å². The monoisotopic (exact) mass is 283 g/mol. The molecule has 4 N–H and O–H groups in total. The average molecular weight is 284 g/mol. The van der Waals surface area contributed by atoms with Gasteiger partial charge in [-0.05, 0) is 26.0 Å². The van der Waals surface area contributed by atoms with Crippen LogP contribution in [0.15, 0.2) is 24.3 Å². The molecule has 19 heavy (non-hydrogen) atoms. The fourth-order valence-electron chi connectivity index (χ4n) is 1.56. The van der Waals surface area contributed by atoms with Crippen molar-refractivity contribution >= 4 is 29.1 Å². The summed E-state index contributed by atoms with van der Waals surface area (Å²) in [6.45, 7) is 3.69. The van der Waals surface area contributed by atoms with Crippen LogP contribution in [-0.4, -0.2) is 23.9 Å². The van der Waals surface area contributed by atoms with E-state index in [0.717, 1.165) is 0 Å². The van der Waals surface area contributed by atoms with Crippen molar-refractivity contribution in [3.63, 3.8) is 0 Å². The van der Waals surface area contributed by atoms with Crippen molar-refractivity contribution in [3.8, 4) is 0 Å². The Morgan fingerprint density at radius 3 is 2.47 bits per heavy atom. The Balaban J connectivity index is 2.71. The summed E-state index contributed by atoms with van der Waals surface area (Å²) < 4.78 is 0. The van der Waals surface area contributed by atoms with Gasteiger partial charge in [-0.3, -0.25) is 9.59 Å². The molecular formula is C13H18ClN3O2. The van der Waals surface area contributed by atoms with Crippen LogP contribution < -0.4 is 16.4 Å². The zero-order chi connectivity index (χ0) is 14.4.